The number of amides is 1. The average molecular weight is 451 g/mol. The molecule has 4 rings (SSSR count). The smallest absolute Gasteiger partial charge is 0.251 e. The number of carbonyl (C=O) groups is 1. The standard InChI is InChI=1S/C25H27ClN4O2/c1-3-17-12-18(4-5-23(17)25(31)29-20-7-10-30(2)11-8-20)24-14-21(6-9-28-24)32-22-13-19(26)15-27-16-22/h4-6,9,12-16,20H,3,7-8,10-11H2,1-2H3,(H,29,31). The van der Waals surface area contributed by atoms with Crippen LogP contribution in [0.25, 0.3) is 11.3 Å². The van der Waals surface area contributed by atoms with Crippen molar-refractivity contribution < 1.29 is 9.53 Å². The molecule has 1 N–H and O–H groups in total. The van der Waals surface area contributed by atoms with Crippen molar-refractivity contribution in [1.82, 2.24) is 20.2 Å². The molecule has 0 spiro atoms. The number of rotatable bonds is 6. The quantitative estimate of drug-likeness (QED) is 0.574. The van der Waals surface area contributed by atoms with Crippen molar-refractivity contribution in [2.75, 3.05) is 20.1 Å². The van der Waals surface area contributed by atoms with Crippen molar-refractivity contribution in [3.05, 3.63) is 71.1 Å². The van der Waals surface area contributed by atoms with Crippen molar-refractivity contribution >= 4 is 17.5 Å². The molecule has 0 bridgehead atoms. The van der Waals surface area contributed by atoms with Crippen LogP contribution < -0.4 is 10.1 Å². The van der Waals surface area contributed by atoms with E-state index in [0.717, 1.165) is 54.7 Å². The summed E-state index contributed by atoms with van der Waals surface area (Å²) in [6.07, 6.45) is 7.60. The molecule has 1 aliphatic rings. The molecule has 1 amide bonds. The van der Waals surface area contributed by atoms with Gasteiger partial charge in [-0.1, -0.05) is 24.6 Å². The molecule has 1 fully saturated rings. The maximum atomic E-state index is 12.9. The van der Waals surface area contributed by atoms with Crippen molar-refractivity contribution in [2.24, 2.45) is 0 Å². The number of piperidine rings is 1. The summed E-state index contributed by atoms with van der Waals surface area (Å²) in [4.78, 5) is 23.8. The number of nitrogens with zero attached hydrogens (tertiary/aromatic N) is 3. The van der Waals surface area contributed by atoms with Gasteiger partial charge in [0.05, 0.1) is 16.9 Å². The zero-order chi connectivity index (χ0) is 22.5. The van der Waals surface area contributed by atoms with Crippen LogP contribution in [0.1, 0.15) is 35.7 Å². The summed E-state index contributed by atoms with van der Waals surface area (Å²) in [5.74, 6) is 1.20. The van der Waals surface area contributed by atoms with Crippen LogP contribution in [0.4, 0.5) is 0 Å². The lowest BCUT2D eigenvalue weighted by Crippen LogP contribution is -2.43. The van der Waals surface area contributed by atoms with Gasteiger partial charge in [-0.05, 0) is 63.2 Å². The second-order valence-electron chi connectivity index (χ2n) is 8.09. The summed E-state index contributed by atoms with van der Waals surface area (Å²) < 4.78 is 5.88. The van der Waals surface area contributed by atoms with E-state index in [0.29, 0.717) is 16.5 Å². The second-order valence-corrected chi connectivity index (χ2v) is 8.53. The molecule has 32 heavy (non-hydrogen) atoms. The number of aromatic nitrogens is 2. The largest absolute Gasteiger partial charge is 0.456 e. The van der Waals surface area contributed by atoms with Crippen LogP contribution in [0.15, 0.2) is 55.0 Å². The van der Waals surface area contributed by atoms with E-state index in [1.165, 1.54) is 0 Å². The monoisotopic (exact) mass is 450 g/mol. The minimum Gasteiger partial charge on any atom is -0.456 e. The number of likely N-dealkylation sites (tertiary alicyclic amines) is 1. The highest BCUT2D eigenvalue weighted by molar-refractivity contribution is 6.30. The Kier molecular flexibility index (Phi) is 7.02. The summed E-state index contributed by atoms with van der Waals surface area (Å²) >= 11 is 5.99. The van der Waals surface area contributed by atoms with E-state index in [4.69, 9.17) is 16.3 Å². The van der Waals surface area contributed by atoms with Crippen LogP contribution in [0, 0.1) is 0 Å². The van der Waals surface area contributed by atoms with E-state index in [1.54, 1.807) is 30.7 Å². The third-order valence-corrected chi connectivity index (χ3v) is 5.93. The van der Waals surface area contributed by atoms with Gasteiger partial charge in [-0.3, -0.25) is 14.8 Å². The van der Waals surface area contributed by atoms with Gasteiger partial charge in [0.1, 0.15) is 11.5 Å². The van der Waals surface area contributed by atoms with Crippen molar-refractivity contribution in [3.8, 4) is 22.8 Å². The molecule has 2 aromatic heterocycles. The number of halogens is 1. The lowest BCUT2D eigenvalue weighted by molar-refractivity contribution is 0.0916. The van der Waals surface area contributed by atoms with Crippen LogP contribution in [0.5, 0.6) is 11.5 Å². The number of hydrogen-bond donors (Lipinski definition) is 1. The number of pyridine rings is 2. The molecular formula is C25H27ClN4O2. The van der Waals surface area contributed by atoms with Gasteiger partial charge in [0.2, 0.25) is 0 Å². The maximum Gasteiger partial charge on any atom is 0.251 e. The van der Waals surface area contributed by atoms with Crippen LogP contribution in [0.3, 0.4) is 0 Å². The van der Waals surface area contributed by atoms with Gasteiger partial charge in [0, 0.05) is 41.7 Å². The fourth-order valence-electron chi connectivity index (χ4n) is 3.90. The van der Waals surface area contributed by atoms with Gasteiger partial charge >= 0.3 is 0 Å². The third kappa shape index (κ3) is 5.44. The molecule has 6 nitrogen and oxygen atoms in total. The number of ether oxygens (including phenoxy) is 1. The van der Waals surface area contributed by atoms with Gasteiger partial charge < -0.3 is 15.0 Å². The van der Waals surface area contributed by atoms with Crippen LogP contribution >= 0.6 is 11.6 Å². The Labute approximate surface area is 193 Å². The molecule has 1 saturated heterocycles. The molecule has 7 heteroatoms. The van der Waals surface area contributed by atoms with E-state index in [9.17, 15) is 4.79 Å². The molecule has 0 radical (unpaired) electrons. The third-order valence-electron chi connectivity index (χ3n) is 5.73. The summed E-state index contributed by atoms with van der Waals surface area (Å²) in [6, 6.07) is 11.5. The first kappa shape index (κ1) is 22.2. The number of benzene rings is 1. The fraction of sp³-hybridized carbons (Fsp3) is 0.320. The van der Waals surface area contributed by atoms with Crippen LogP contribution in [0.2, 0.25) is 5.02 Å². The Morgan fingerprint density at radius 2 is 1.97 bits per heavy atom. The number of aryl methyl sites for hydroxylation is 1. The number of hydrogen-bond acceptors (Lipinski definition) is 5. The van der Waals surface area contributed by atoms with Crippen molar-refractivity contribution in [1.29, 1.82) is 0 Å². The summed E-state index contributed by atoms with van der Waals surface area (Å²) in [5, 5.41) is 3.73. The van der Waals surface area contributed by atoms with Gasteiger partial charge in [-0.15, -0.1) is 0 Å². The Hall–Kier alpha value is -2.96. The topological polar surface area (TPSA) is 67.3 Å². The highest BCUT2D eigenvalue weighted by Gasteiger charge is 2.20. The van der Waals surface area contributed by atoms with E-state index < -0.39 is 0 Å². The lowest BCUT2D eigenvalue weighted by atomic mass is 9.98. The predicted molar refractivity (Wildman–Crippen MR) is 126 cm³/mol. The molecule has 1 aliphatic heterocycles. The molecule has 166 valence electrons. The Bertz CT molecular complexity index is 1100. The normalized spacial score (nSPS) is 14.8. The SMILES string of the molecule is CCc1cc(-c2cc(Oc3cncc(Cl)c3)ccn2)ccc1C(=O)NC1CCN(C)CC1. The molecule has 0 aliphatic carbocycles. The Balaban J connectivity index is 1.51. The Morgan fingerprint density at radius 3 is 2.72 bits per heavy atom. The predicted octanol–water partition coefficient (Wildman–Crippen LogP) is 4.98. The highest BCUT2D eigenvalue weighted by Crippen LogP contribution is 2.28. The van der Waals surface area contributed by atoms with E-state index >= 15 is 0 Å². The van der Waals surface area contributed by atoms with E-state index in [1.807, 2.05) is 24.3 Å². The molecule has 3 aromatic rings. The minimum atomic E-state index is 0.00134. The summed E-state index contributed by atoms with van der Waals surface area (Å²) in [7, 11) is 2.12. The maximum absolute atomic E-state index is 12.9. The molecule has 0 saturated carbocycles. The lowest BCUT2D eigenvalue weighted by Gasteiger charge is -2.29. The van der Waals surface area contributed by atoms with Crippen molar-refractivity contribution in [2.45, 2.75) is 32.2 Å². The van der Waals surface area contributed by atoms with Crippen molar-refractivity contribution in [3.63, 3.8) is 0 Å². The van der Waals surface area contributed by atoms with Crippen LogP contribution in [-0.2, 0) is 6.42 Å². The first-order chi connectivity index (χ1) is 15.5. The molecule has 0 atom stereocenters. The molecule has 3 heterocycles. The second kappa shape index (κ2) is 10.1. The molecular weight excluding hydrogens is 424 g/mol. The molecule has 0 unspecified atom stereocenters. The zero-order valence-corrected chi connectivity index (χ0v) is 19.1. The summed E-state index contributed by atoms with van der Waals surface area (Å²) in [5.41, 5.74) is 3.44. The Morgan fingerprint density at radius 1 is 1.16 bits per heavy atom. The first-order valence-corrected chi connectivity index (χ1v) is 11.3. The van der Waals surface area contributed by atoms with Crippen LogP contribution in [-0.4, -0.2) is 47.0 Å². The fourth-order valence-corrected chi connectivity index (χ4v) is 4.06. The minimum absolute atomic E-state index is 0.00134. The average Bonchev–Trinajstić information content (AvgIpc) is 2.80. The van der Waals surface area contributed by atoms with E-state index in [-0.39, 0.29) is 11.9 Å². The van der Waals surface area contributed by atoms with Gasteiger partial charge in [0.15, 0.2) is 0 Å². The zero-order valence-electron chi connectivity index (χ0n) is 18.3. The first-order valence-electron chi connectivity index (χ1n) is 10.9. The van der Waals surface area contributed by atoms with Gasteiger partial charge in [0.25, 0.3) is 5.91 Å². The summed E-state index contributed by atoms with van der Waals surface area (Å²) in [6.45, 7) is 4.09. The molecule has 1 aromatic carbocycles. The number of carbonyl (C=O) groups excluding carboxylic acids is 1. The van der Waals surface area contributed by atoms with E-state index in [2.05, 4.69) is 34.2 Å². The highest BCUT2D eigenvalue weighted by atomic mass is 35.5. The number of nitrogens with one attached hydrogen (secondary N) is 1. The van der Waals surface area contributed by atoms with Gasteiger partial charge in [-0.25, -0.2) is 0 Å². The van der Waals surface area contributed by atoms with Gasteiger partial charge in [-0.2, -0.15) is 0 Å².